The fraction of sp³-hybridized carbons (Fsp3) is 0.385. The molecule has 1 fully saturated rings. The molecule has 5 heteroatoms. The first-order valence-corrected chi connectivity index (χ1v) is 6.30. The van der Waals surface area contributed by atoms with Crippen LogP contribution in [0.4, 0.5) is 5.69 Å². The smallest absolute Gasteiger partial charge is 0.241 e. The highest BCUT2D eigenvalue weighted by Crippen LogP contribution is 2.19. The van der Waals surface area contributed by atoms with Gasteiger partial charge < -0.3 is 10.2 Å². The number of carbonyl (C=O) groups is 1. The molecule has 1 heterocycles. The van der Waals surface area contributed by atoms with Crippen LogP contribution < -0.4 is 5.32 Å². The molecule has 1 aliphatic heterocycles. The van der Waals surface area contributed by atoms with Crippen molar-refractivity contribution < 1.29 is 4.79 Å². The second-order valence-corrected chi connectivity index (χ2v) is 4.68. The van der Waals surface area contributed by atoms with E-state index >= 15 is 0 Å². The Bertz CT molecular complexity index is 489. The second-order valence-electron chi connectivity index (χ2n) is 4.24. The van der Waals surface area contributed by atoms with E-state index in [4.69, 9.17) is 16.9 Å². The number of amides is 1. The van der Waals surface area contributed by atoms with Gasteiger partial charge in [0.2, 0.25) is 5.91 Å². The van der Waals surface area contributed by atoms with Crippen LogP contribution in [-0.2, 0) is 4.79 Å². The molecule has 0 saturated carbocycles. The van der Waals surface area contributed by atoms with Gasteiger partial charge in [0, 0.05) is 18.1 Å². The van der Waals surface area contributed by atoms with Gasteiger partial charge in [0.1, 0.15) is 6.07 Å². The van der Waals surface area contributed by atoms with Crippen LogP contribution in [0.1, 0.15) is 18.4 Å². The normalized spacial score (nSPS) is 14.3. The zero-order chi connectivity index (χ0) is 13.0. The highest BCUT2D eigenvalue weighted by Gasteiger charge is 2.17. The number of hydrogen-bond donors (Lipinski definition) is 1. The van der Waals surface area contributed by atoms with E-state index in [2.05, 4.69) is 11.4 Å². The third-order valence-electron chi connectivity index (χ3n) is 2.99. The predicted molar refractivity (Wildman–Crippen MR) is 70.5 cm³/mol. The van der Waals surface area contributed by atoms with E-state index < -0.39 is 0 Å². The zero-order valence-electron chi connectivity index (χ0n) is 9.95. The molecule has 0 radical (unpaired) electrons. The van der Waals surface area contributed by atoms with Crippen LogP contribution >= 0.6 is 11.6 Å². The standard InChI is InChI=1S/C13H14ClN3O/c14-11-3-4-12(10(7-11)8-15)16-9-13(18)17-5-1-2-6-17/h3-4,7,16H,1-2,5-6,9H2. The Balaban J connectivity index is 1.97. The van der Waals surface area contributed by atoms with Gasteiger partial charge in [-0.1, -0.05) is 11.6 Å². The van der Waals surface area contributed by atoms with Crippen molar-refractivity contribution in [3.63, 3.8) is 0 Å². The van der Waals surface area contributed by atoms with Crippen molar-refractivity contribution in [2.24, 2.45) is 0 Å². The topological polar surface area (TPSA) is 56.1 Å². The lowest BCUT2D eigenvalue weighted by atomic mass is 10.2. The first kappa shape index (κ1) is 12.7. The number of anilines is 1. The van der Waals surface area contributed by atoms with E-state index in [1.807, 2.05) is 4.90 Å². The Morgan fingerprint density at radius 1 is 1.44 bits per heavy atom. The highest BCUT2D eigenvalue weighted by atomic mass is 35.5. The van der Waals surface area contributed by atoms with Crippen LogP contribution in [-0.4, -0.2) is 30.4 Å². The molecule has 1 amide bonds. The summed E-state index contributed by atoms with van der Waals surface area (Å²) in [4.78, 5) is 13.7. The Morgan fingerprint density at radius 2 is 2.17 bits per heavy atom. The number of nitriles is 1. The number of carbonyl (C=O) groups excluding carboxylic acids is 1. The molecule has 18 heavy (non-hydrogen) atoms. The number of nitrogens with one attached hydrogen (secondary N) is 1. The molecule has 1 aliphatic rings. The number of rotatable bonds is 3. The van der Waals surface area contributed by atoms with Crippen molar-refractivity contribution in [2.75, 3.05) is 25.0 Å². The highest BCUT2D eigenvalue weighted by molar-refractivity contribution is 6.30. The van der Waals surface area contributed by atoms with Gasteiger partial charge in [0.15, 0.2) is 0 Å². The summed E-state index contributed by atoms with van der Waals surface area (Å²) in [6.45, 7) is 1.90. The Morgan fingerprint density at radius 3 is 2.83 bits per heavy atom. The average molecular weight is 264 g/mol. The van der Waals surface area contributed by atoms with Crippen LogP contribution in [0, 0.1) is 11.3 Å². The fourth-order valence-electron chi connectivity index (χ4n) is 2.01. The van der Waals surface area contributed by atoms with Gasteiger partial charge in [0.25, 0.3) is 0 Å². The van der Waals surface area contributed by atoms with Crippen LogP contribution in [0.2, 0.25) is 5.02 Å². The molecule has 1 N–H and O–H groups in total. The first-order chi connectivity index (χ1) is 8.70. The molecule has 0 unspecified atom stereocenters. The van der Waals surface area contributed by atoms with E-state index in [0.717, 1.165) is 25.9 Å². The van der Waals surface area contributed by atoms with Gasteiger partial charge >= 0.3 is 0 Å². The molecule has 4 nitrogen and oxygen atoms in total. The van der Waals surface area contributed by atoms with Crippen LogP contribution in [0.25, 0.3) is 0 Å². The van der Waals surface area contributed by atoms with E-state index in [0.29, 0.717) is 16.3 Å². The molecule has 2 rings (SSSR count). The molecular weight excluding hydrogens is 250 g/mol. The lowest BCUT2D eigenvalue weighted by Gasteiger charge is -2.16. The molecule has 0 atom stereocenters. The van der Waals surface area contributed by atoms with Crippen LogP contribution in [0.15, 0.2) is 18.2 Å². The van der Waals surface area contributed by atoms with Gasteiger partial charge in [-0.25, -0.2) is 0 Å². The summed E-state index contributed by atoms with van der Waals surface area (Å²) >= 11 is 5.81. The summed E-state index contributed by atoms with van der Waals surface area (Å²) in [5.74, 6) is 0.0753. The van der Waals surface area contributed by atoms with Crippen molar-refractivity contribution in [1.82, 2.24) is 4.90 Å². The maximum Gasteiger partial charge on any atom is 0.241 e. The largest absolute Gasteiger partial charge is 0.375 e. The molecule has 1 aromatic rings. The number of likely N-dealkylation sites (tertiary alicyclic amines) is 1. The molecule has 0 bridgehead atoms. The summed E-state index contributed by atoms with van der Waals surface area (Å²) in [5, 5.41) is 12.5. The summed E-state index contributed by atoms with van der Waals surface area (Å²) in [5.41, 5.74) is 1.10. The summed E-state index contributed by atoms with van der Waals surface area (Å²) in [7, 11) is 0. The third kappa shape index (κ3) is 2.93. The molecule has 0 aromatic heterocycles. The van der Waals surface area contributed by atoms with E-state index in [1.54, 1.807) is 18.2 Å². The maximum absolute atomic E-state index is 11.8. The molecule has 0 aliphatic carbocycles. The fourth-order valence-corrected chi connectivity index (χ4v) is 2.18. The number of halogens is 1. The zero-order valence-corrected chi connectivity index (χ0v) is 10.7. The van der Waals surface area contributed by atoms with Crippen LogP contribution in [0.5, 0.6) is 0 Å². The number of nitrogens with zero attached hydrogens (tertiary/aromatic N) is 2. The Labute approximate surface area is 111 Å². The lowest BCUT2D eigenvalue weighted by molar-refractivity contribution is -0.128. The minimum absolute atomic E-state index is 0.0753. The first-order valence-electron chi connectivity index (χ1n) is 5.92. The molecular formula is C13H14ClN3O. The maximum atomic E-state index is 11.8. The quantitative estimate of drug-likeness (QED) is 0.910. The molecule has 94 valence electrons. The summed E-state index contributed by atoms with van der Waals surface area (Å²) in [6, 6.07) is 7.07. The summed E-state index contributed by atoms with van der Waals surface area (Å²) < 4.78 is 0. The SMILES string of the molecule is N#Cc1cc(Cl)ccc1NCC(=O)N1CCCC1. The number of benzene rings is 1. The van der Waals surface area contributed by atoms with Crippen molar-refractivity contribution in [3.05, 3.63) is 28.8 Å². The molecule has 1 saturated heterocycles. The van der Waals surface area contributed by atoms with Crippen molar-refractivity contribution >= 4 is 23.2 Å². The minimum atomic E-state index is 0.0753. The van der Waals surface area contributed by atoms with E-state index in [1.165, 1.54) is 0 Å². The van der Waals surface area contributed by atoms with Gasteiger partial charge in [0.05, 0.1) is 17.8 Å². The van der Waals surface area contributed by atoms with Crippen molar-refractivity contribution in [1.29, 1.82) is 5.26 Å². The van der Waals surface area contributed by atoms with Crippen LogP contribution in [0.3, 0.4) is 0 Å². The summed E-state index contributed by atoms with van der Waals surface area (Å²) in [6.07, 6.45) is 2.16. The predicted octanol–water partition coefficient (Wildman–Crippen LogP) is 2.25. The van der Waals surface area contributed by atoms with Gasteiger partial charge in [-0.2, -0.15) is 5.26 Å². The van der Waals surface area contributed by atoms with E-state index in [9.17, 15) is 4.79 Å². The van der Waals surface area contributed by atoms with E-state index in [-0.39, 0.29) is 12.5 Å². The average Bonchev–Trinajstić information content (AvgIpc) is 2.90. The van der Waals surface area contributed by atoms with Gasteiger partial charge in [-0.15, -0.1) is 0 Å². The lowest BCUT2D eigenvalue weighted by Crippen LogP contribution is -2.33. The Kier molecular flexibility index (Phi) is 4.06. The molecule has 1 aromatic carbocycles. The van der Waals surface area contributed by atoms with Crippen molar-refractivity contribution in [2.45, 2.75) is 12.8 Å². The van der Waals surface area contributed by atoms with Gasteiger partial charge in [-0.05, 0) is 31.0 Å². The third-order valence-corrected chi connectivity index (χ3v) is 3.23. The Hall–Kier alpha value is -1.73. The molecule has 0 spiro atoms. The monoisotopic (exact) mass is 263 g/mol. The minimum Gasteiger partial charge on any atom is -0.375 e. The number of hydrogen-bond acceptors (Lipinski definition) is 3. The second kappa shape index (κ2) is 5.74. The van der Waals surface area contributed by atoms with Gasteiger partial charge in [-0.3, -0.25) is 4.79 Å². The van der Waals surface area contributed by atoms with Crippen molar-refractivity contribution in [3.8, 4) is 6.07 Å².